The maximum atomic E-state index is 11.7. The Morgan fingerprint density at radius 1 is 1.35 bits per heavy atom. The second-order valence-corrected chi connectivity index (χ2v) is 5.84. The summed E-state index contributed by atoms with van der Waals surface area (Å²) in [5.41, 5.74) is 3.05. The van der Waals surface area contributed by atoms with Crippen LogP contribution >= 0.6 is 0 Å². The van der Waals surface area contributed by atoms with Crippen molar-refractivity contribution >= 4 is 16.9 Å². The van der Waals surface area contributed by atoms with Gasteiger partial charge in [-0.25, -0.2) is 4.79 Å². The minimum Gasteiger partial charge on any atom is -0.465 e. The molecule has 0 saturated heterocycles. The second-order valence-electron chi connectivity index (χ2n) is 5.84. The van der Waals surface area contributed by atoms with E-state index in [9.17, 15) is 4.79 Å². The highest BCUT2D eigenvalue weighted by atomic mass is 16.5. The van der Waals surface area contributed by atoms with Crippen LogP contribution < -0.4 is 0 Å². The van der Waals surface area contributed by atoms with Gasteiger partial charge in [0.2, 0.25) is 0 Å². The molecule has 0 amide bonds. The number of methoxy groups -OCH3 is 1. The zero-order chi connectivity index (χ0) is 14.1. The molecule has 0 spiro atoms. The number of hydrogen-bond donors (Lipinski definition) is 0. The van der Waals surface area contributed by atoms with E-state index >= 15 is 0 Å². The van der Waals surface area contributed by atoms with Crippen molar-refractivity contribution in [2.45, 2.75) is 39.2 Å². The molecule has 0 atom stereocenters. The summed E-state index contributed by atoms with van der Waals surface area (Å²) < 4.78 is 7.13. The van der Waals surface area contributed by atoms with E-state index in [1.54, 1.807) is 0 Å². The Bertz CT molecular complexity index is 636. The van der Waals surface area contributed by atoms with Crippen molar-refractivity contribution in [3.8, 4) is 0 Å². The molecule has 2 aromatic rings. The smallest absolute Gasteiger partial charge is 0.337 e. The van der Waals surface area contributed by atoms with Gasteiger partial charge in [-0.3, -0.25) is 0 Å². The number of benzene rings is 1. The Kier molecular flexibility index (Phi) is 3.51. The van der Waals surface area contributed by atoms with Gasteiger partial charge in [0.15, 0.2) is 0 Å². The molecule has 1 saturated carbocycles. The largest absolute Gasteiger partial charge is 0.465 e. The van der Waals surface area contributed by atoms with Crippen LogP contribution in [-0.2, 0) is 11.3 Å². The quantitative estimate of drug-likeness (QED) is 0.792. The van der Waals surface area contributed by atoms with Crippen molar-refractivity contribution in [3.05, 3.63) is 35.5 Å². The number of aromatic nitrogens is 1. The van der Waals surface area contributed by atoms with Crippen LogP contribution in [0.3, 0.4) is 0 Å². The molecule has 1 heterocycles. The van der Waals surface area contributed by atoms with Crippen LogP contribution in [0.4, 0.5) is 0 Å². The van der Waals surface area contributed by atoms with Crippen molar-refractivity contribution in [2.24, 2.45) is 5.92 Å². The lowest BCUT2D eigenvalue weighted by molar-refractivity contribution is 0.0601. The van der Waals surface area contributed by atoms with E-state index in [1.807, 2.05) is 18.2 Å². The summed E-state index contributed by atoms with van der Waals surface area (Å²) in [6.07, 6.45) is 7.58. The Hall–Kier alpha value is -1.77. The maximum absolute atomic E-state index is 11.7. The van der Waals surface area contributed by atoms with E-state index in [0.29, 0.717) is 5.56 Å². The van der Waals surface area contributed by atoms with Gasteiger partial charge in [0.05, 0.1) is 12.7 Å². The molecule has 3 rings (SSSR count). The van der Waals surface area contributed by atoms with Crippen molar-refractivity contribution in [1.82, 2.24) is 4.57 Å². The van der Waals surface area contributed by atoms with E-state index in [1.165, 1.54) is 43.7 Å². The number of nitrogens with zero attached hydrogens (tertiary/aromatic N) is 1. The summed E-state index contributed by atoms with van der Waals surface area (Å²) in [5.74, 6) is 0.518. The minimum atomic E-state index is -0.266. The lowest BCUT2D eigenvalue weighted by atomic mass is 10.1. The molecule has 0 aliphatic heterocycles. The average molecular weight is 271 g/mol. The first-order valence-electron chi connectivity index (χ1n) is 7.37. The summed E-state index contributed by atoms with van der Waals surface area (Å²) in [6, 6.07) is 5.84. The fraction of sp³-hybridized carbons (Fsp3) is 0.471. The molecular formula is C17H21NO2. The number of aryl methyl sites for hydroxylation is 1. The highest BCUT2D eigenvalue weighted by Crippen LogP contribution is 2.29. The standard InChI is InChI=1S/C17H21NO2/c1-12-10-18(11-13-5-3-4-6-13)16-9-14(17(19)20-2)7-8-15(12)16/h7-10,13H,3-6,11H2,1-2H3. The van der Waals surface area contributed by atoms with Gasteiger partial charge in [0.1, 0.15) is 0 Å². The van der Waals surface area contributed by atoms with Gasteiger partial charge >= 0.3 is 5.97 Å². The molecule has 0 unspecified atom stereocenters. The molecule has 1 fully saturated rings. The van der Waals surface area contributed by atoms with E-state index in [-0.39, 0.29) is 5.97 Å². The van der Waals surface area contributed by atoms with Crippen molar-refractivity contribution < 1.29 is 9.53 Å². The van der Waals surface area contributed by atoms with Gasteiger partial charge in [0.25, 0.3) is 0 Å². The third kappa shape index (κ3) is 2.33. The fourth-order valence-electron chi connectivity index (χ4n) is 3.34. The van der Waals surface area contributed by atoms with Crippen LogP contribution in [0.15, 0.2) is 24.4 Å². The fourth-order valence-corrected chi connectivity index (χ4v) is 3.34. The molecular weight excluding hydrogens is 250 g/mol. The summed E-state index contributed by atoms with van der Waals surface area (Å²) in [7, 11) is 1.43. The van der Waals surface area contributed by atoms with E-state index in [4.69, 9.17) is 4.74 Å². The maximum Gasteiger partial charge on any atom is 0.337 e. The first kappa shape index (κ1) is 13.2. The molecule has 3 nitrogen and oxygen atoms in total. The monoisotopic (exact) mass is 271 g/mol. The normalized spacial score (nSPS) is 15.9. The molecule has 20 heavy (non-hydrogen) atoms. The first-order valence-corrected chi connectivity index (χ1v) is 7.37. The van der Waals surface area contributed by atoms with Crippen LogP contribution in [0.5, 0.6) is 0 Å². The Morgan fingerprint density at radius 3 is 2.80 bits per heavy atom. The van der Waals surface area contributed by atoms with E-state index < -0.39 is 0 Å². The Balaban J connectivity index is 1.99. The summed E-state index contributed by atoms with van der Waals surface area (Å²) in [4.78, 5) is 11.7. The number of carbonyl (C=O) groups excluding carboxylic acids is 1. The van der Waals surface area contributed by atoms with Gasteiger partial charge in [-0.2, -0.15) is 0 Å². The van der Waals surface area contributed by atoms with E-state index in [2.05, 4.69) is 17.7 Å². The highest BCUT2D eigenvalue weighted by Gasteiger charge is 2.17. The number of ether oxygens (including phenoxy) is 1. The van der Waals surface area contributed by atoms with Crippen LogP contribution in [0, 0.1) is 12.8 Å². The lowest BCUT2D eigenvalue weighted by Gasteiger charge is -2.12. The molecule has 1 aliphatic carbocycles. The summed E-state index contributed by atoms with van der Waals surface area (Å²) in [6.45, 7) is 3.19. The zero-order valence-electron chi connectivity index (χ0n) is 12.2. The number of hydrogen-bond acceptors (Lipinski definition) is 2. The molecule has 3 heteroatoms. The van der Waals surface area contributed by atoms with Gasteiger partial charge in [-0.1, -0.05) is 18.9 Å². The van der Waals surface area contributed by atoms with Crippen LogP contribution in [0.25, 0.3) is 10.9 Å². The average Bonchev–Trinajstić information content (AvgIpc) is 3.07. The molecule has 0 N–H and O–H groups in total. The molecule has 0 bridgehead atoms. The van der Waals surface area contributed by atoms with Gasteiger partial charge < -0.3 is 9.30 Å². The first-order chi connectivity index (χ1) is 9.69. The van der Waals surface area contributed by atoms with Crippen molar-refractivity contribution in [2.75, 3.05) is 7.11 Å². The third-order valence-corrected chi connectivity index (χ3v) is 4.43. The number of rotatable bonds is 3. The van der Waals surface area contributed by atoms with Crippen molar-refractivity contribution in [1.29, 1.82) is 0 Å². The lowest BCUT2D eigenvalue weighted by Crippen LogP contribution is -2.07. The Labute approximate surface area is 119 Å². The summed E-state index contributed by atoms with van der Waals surface area (Å²) >= 11 is 0. The Morgan fingerprint density at radius 2 is 2.10 bits per heavy atom. The molecule has 106 valence electrons. The molecule has 1 aromatic heterocycles. The predicted octanol–water partition coefficient (Wildman–Crippen LogP) is 3.93. The van der Waals surface area contributed by atoms with Crippen LogP contribution in [0.1, 0.15) is 41.6 Å². The third-order valence-electron chi connectivity index (χ3n) is 4.43. The number of fused-ring (bicyclic) bond motifs is 1. The number of esters is 1. The van der Waals surface area contributed by atoms with Gasteiger partial charge in [-0.15, -0.1) is 0 Å². The highest BCUT2D eigenvalue weighted by molar-refractivity contribution is 5.95. The van der Waals surface area contributed by atoms with Crippen LogP contribution in [-0.4, -0.2) is 17.6 Å². The number of carbonyl (C=O) groups is 1. The SMILES string of the molecule is COC(=O)c1ccc2c(C)cn(CC3CCCC3)c2c1. The molecule has 1 aromatic carbocycles. The van der Waals surface area contributed by atoms with Gasteiger partial charge in [-0.05, 0) is 43.4 Å². The van der Waals surface area contributed by atoms with Gasteiger partial charge in [0, 0.05) is 23.6 Å². The second kappa shape index (κ2) is 5.31. The minimum absolute atomic E-state index is 0.266. The van der Waals surface area contributed by atoms with Crippen LogP contribution in [0.2, 0.25) is 0 Å². The molecule has 1 aliphatic rings. The summed E-state index contributed by atoms with van der Waals surface area (Å²) in [5, 5.41) is 1.23. The zero-order valence-corrected chi connectivity index (χ0v) is 12.2. The predicted molar refractivity (Wildman–Crippen MR) is 80.0 cm³/mol. The molecule has 0 radical (unpaired) electrons. The van der Waals surface area contributed by atoms with E-state index in [0.717, 1.165) is 18.0 Å². The topological polar surface area (TPSA) is 31.2 Å². The van der Waals surface area contributed by atoms with Crippen molar-refractivity contribution in [3.63, 3.8) is 0 Å².